The Hall–Kier alpha value is -3.60. The molecule has 0 unspecified atom stereocenters. The van der Waals surface area contributed by atoms with Gasteiger partial charge in [-0.25, -0.2) is 0 Å². The number of nitrogens with zero attached hydrogens (tertiary/aromatic N) is 4. The molecular formula is C23H18N4O. The van der Waals surface area contributed by atoms with Crippen LogP contribution in [0.25, 0.3) is 16.9 Å². The third-order valence-electron chi connectivity index (χ3n) is 5.23. The Kier molecular flexibility index (Phi) is 4.05. The molecule has 1 saturated carbocycles. The van der Waals surface area contributed by atoms with Gasteiger partial charge < -0.3 is 0 Å². The number of hydrogen-bond acceptors (Lipinski definition) is 4. The smallest absolute Gasteiger partial charge is 0.258 e. The van der Waals surface area contributed by atoms with Crippen molar-refractivity contribution >= 4 is 0 Å². The molecule has 4 heterocycles. The first-order valence-electron chi connectivity index (χ1n) is 9.30. The van der Waals surface area contributed by atoms with Crippen molar-refractivity contribution in [3.63, 3.8) is 0 Å². The van der Waals surface area contributed by atoms with Crippen LogP contribution in [0.4, 0.5) is 0 Å². The minimum Gasteiger partial charge on any atom is -0.284 e. The second-order valence-corrected chi connectivity index (χ2v) is 6.98. The van der Waals surface area contributed by atoms with Gasteiger partial charge >= 0.3 is 0 Å². The summed E-state index contributed by atoms with van der Waals surface area (Å²) in [5.41, 5.74) is 4.53. The zero-order chi connectivity index (χ0) is 18.9. The van der Waals surface area contributed by atoms with Gasteiger partial charge in [-0.15, -0.1) is 0 Å². The molecule has 5 heteroatoms. The van der Waals surface area contributed by atoms with Gasteiger partial charge in [0.15, 0.2) is 0 Å². The minimum absolute atomic E-state index is 0.0257. The van der Waals surface area contributed by atoms with Crippen molar-refractivity contribution in [3.8, 4) is 16.9 Å². The molecule has 1 fully saturated rings. The van der Waals surface area contributed by atoms with Crippen LogP contribution in [0.15, 0.2) is 90.4 Å². The van der Waals surface area contributed by atoms with Crippen LogP contribution in [0.2, 0.25) is 0 Å². The second-order valence-electron chi connectivity index (χ2n) is 6.98. The van der Waals surface area contributed by atoms with Crippen LogP contribution in [-0.2, 0) is 0 Å². The average Bonchev–Trinajstić information content (AvgIpc) is 3.56. The van der Waals surface area contributed by atoms with E-state index in [0.29, 0.717) is 5.92 Å². The third-order valence-corrected chi connectivity index (χ3v) is 5.23. The summed E-state index contributed by atoms with van der Waals surface area (Å²) >= 11 is 0. The Morgan fingerprint density at radius 1 is 0.857 bits per heavy atom. The van der Waals surface area contributed by atoms with E-state index in [4.69, 9.17) is 0 Å². The lowest BCUT2D eigenvalue weighted by molar-refractivity contribution is 0.902. The summed E-state index contributed by atoms with van der Waals surface area (Å²) < 4.78 is 1.70. The highest BCUT2D eigenvalue weighted by Gasteiger charge is 2.42. The standard InChI is InChI=1S/C23H18N4O/c28-23-18(19-15-20(19)21-5-1-2-9-25-21)4-3-13-27(23)17-8-12-26-22(14-17)16-6-10-24-11-7-16/h1-14,19-20H,15H2/t19-,20+/m1/s1. The van der Waals surface area contributed by atoms with Gasteiger partial charge in [0.1, 0.15) is 0 Å². The topological polar surface area (TPSA) is 60.7 Å². The van der Waals surface area contributed by atoms with Gasteiger partial charge in [0, 0.05) is 53.7 Å². The van der Waals surface area contributed by atoms with E-state index in [2.05, 4.69) is 15.0 Å². The normalized spacial score (nSPS) is 18.0. The summed E-state index contributed by atoms with van der Waals surface area (Å²) in [4.78, 5) is 26.1. The Bertz CT molecular complexity index is 1170. The van der Waals surface area contributed by atoms with Gasteiger partial charge in [0.2, 0.25) is 0 Å². The van der Waals surface area contributed by atoms with Crippen LogP contribution in [0.1, 0.15) is 29.5 Å². The van der Waals surface area contributed by atoms with Crippen molar-refractivity contribution in [1.82, 2.24) is 19.5 Å². The molecule has 4 aromatic rings. The lowest BCUT2D eigenvalue weighted by Crippen LogP contribution is -2.21. The lowest BCUT2D eigenvalue weighted by atomic mass is 10.1. The first kappa shape index (κ1) is 16.6. The zero-order valence-electron chi connectivity index (χ0n) is 15.1. The summed E-state index contributed by atoms with van der Waals surface area (Å²) in [6, 6.07) is 17.5. The molecule has 0 bridgehead atoms. The molecule has 0 spiro atoms. The lowest BCUT2D eigenvalue weighted by Gasteiger charge is -2.10. The molecule has 0 saturated heterocycles. The van der Waals surface area contributed by atoms with Gasteiger partial charge in [0.25, 0.3) is 5.56 Å². The van der Waals surface area contributed by atoms with Crippen molar-refractivity contribution < 1.29 is 0 Å². The van der Waals surface area contributed by atoms with Crippen LogP contribution in [0, 0.1) is 0 Å². The first-order valence-corrected chi connectivity index (χ1v) is 9.30. The minimum atomic E-state index is 0.0257. The molecule has 4 aromatic heterocycles. The molecule has 5 nitrogen and oxygen atoms in total. The van der Waals surface area contributed by atoms with Gasteiger partial charge in [-0.2, -0.15) is 0 Å². The maximum Gasteiger partial charge on any atom is 0.258 e. The molecule has 1 aliphatic carbocycles. The second kappa shape index (κ2) is 6.85. The summed E-state index contributed by atoms with van der Waals surface area (Å²) in [7, 11) is 0. The molecule has 0 aromatic carbocycles. The van der Waals surface area contributed by atoms with Crippen molar-refractivity contribution in [1.29, 1.82) is 0 Å². The molecule has 0 aliphatic heterocycles. The van der Waals surface area contributed by atoms with Crippen molar-refractivity contribution in [2.75, 3.05) is 0 Å². The van der Waals surface area contributed by atoms with Crippen LogP contribution < -0.4 is 5.56 Å². The molecule has 5 rings (SSSR count). The Morgan fingerprint density at radius 3 is 2.57 bits per heavy atom. The van der Waals surface area contributed by atoms with Gasteiger partial charge in [-0.05, 0) is 54.8 Å². The summed E-state index contributed by atoms with van der Waals surface area (Å²) in [5.74, 6) is 0.561. The molecule has 0 amide bonds. The predicted octanol–water partition coefficient (Wildman–Crippen LogP) is 3.96. The van der Waals surface area contributed by atoms with E-state index >= 15 is 0 Å². The highest BCUT2D eigenvalue weighted by molar-refractivity contribution is 5.60. The fraction of sp³-hybridized carbons (Fsp3) is 0.130. The summed E-state index contributed by atoms with van der Waals surface area (Å²) in [5, 5.41) is 0. The van der Waals surface area contributed by atoms with Crippen molar-refractivity contribution in [3.05, 3.63) is 107 Å². The summed E-state index contributed by atoms with van der Waals surface area (Å²) in [6.07, 6.45) is 9.80. The van der Waals surface area contributed by atoms with Crippen LogP contribution >= 0.6 is 0 Å². The van der Waals surface area contributed by atoms with E-state index in [0.717, 1.165) is 34.6 Å². The van der Waals surface area contributed by atoms with E-state index in [1.54, 1.807) is 23.2 Å². The Morgan fingerprint density at radius 2 is 1.75 bits per heavy atom. The number of rotatable bonds is 4. The third kappa shape index (κ3) is 3.01. The van der Waals surface area contributed by atoms with Crippen LogP contribution in [-0.4, -0.2) is 19.5 Å². The molecule has 0 radical (unpaired) electrons. The van der Waals surface area contributed by atoms with Gasteiger partial charge in [-0.3, -0.25) is 24.3 Å². The van der Waals surface area contributed by atoms with E-state index in [1.807, 2.05) is 67.0 Å². The van der Waals surface area contributed by atoms with E-state index in [9.17, 15) is 4.79 Å². The fourth-order valence-electron chi connectivity index (χ4n) is 3.71. The molecule has 2 atom stereocenters. The largest absolute Gasteiger partial charge is 0.284 e. The van der Waals surface area contributed by atoms with Gasteiger partial charge in [-0.1, -0.05) is 12.1 Å². The Labute approximate surface area is 162 Å². The highest BCUT2D eigenvalue weighted by Crippen LogP contribution is 2.52. The number of pyridine rings is 4. The average molecular weight is 366 g/mol. The first-order chi connectivity index (χ1) is 13.8. The molecular weight excluding hydrogens is 348 g/mol. The van der Waals surface area contributed by atoms with E-state index < -0.39 is 0 Å². The molecule has 0 N–H and O–H groups in total. The number of aromatic nitrogens is 4. The Balaban J connectivity index is 1.50. The quantitative estimate of drug-likeness (QED) is 0.548. The van der Waals surface area contributed by atoms with E-state index in [1.165, 1.54) is 0 Å². The number of hydrogen-bond donors (Lipinski definition) is 0. The molecule has 1 aliphatic rings. The fourth-order valence-corrected chi connectivity index (χ4v) is 3.71. The van der Waals surface area contributed by atoms with Crippen LogP contribution in [0.3, 0.4) is 0 Å². The van der Waals surface area contributed by atoms with Crippen LogP contribution in [0.5, 0.6) is 0 Å². The van der Waals surface area contributed by atoms with E-state index in [-0.39, 0.29) is 11.5 Å². The SMILES string of the molecule is O=c1c([C@H]2C[C@@H]2c2ccccn2)cccn1-c1ccnc(-c2ccncc2)c1. The maximum atomic E-state index is 13.2. The molecule has 136 valence electrons. The van der Waals surface area contributed by atoms with Crippen molar-refractivity contribution in [2.24, 2.45) is 0 Å². The maximum absolute atomic E-state index is 13.2. The predicted molar refractivity (Wildman–Crippen MR) is 107 cm³/mol. The highest BCUT2D eigenvalue weighted by atomic mass is 16.1. The summed E-state index contributed by atoms with van der Waals surface area (Å²) in [6.45, 7) is 0. The van der Waals surface area contributed by atoms with Gasteiger partial charge in [0.05, 0.1) is 11.4 Å². The zero-order valence-corrected chi connectivity index (χ0v) is 15.1. The van der Waals surface area contributed by atoms with Crippen molar-refractivity contribution in [2.45, 2.75) is 18.3 Å². The molecule has 28 heavy (non-hydrogen) atoms. The monoisotopic (exact) mass is 366 g/mol.